The Bertz CT molecular complexity index is 1140. The number of anilines is 1. The first kappa shape index (κ1) is 21.2. The number of carbonyl (C=O) groups is 2. The number of benzene rings is 2. The molecular weight excluding hydrogens is 380 g/mol. The Labute approximate surface area is 175 Å². The third-order valence-corrected chi connectivity index (χ3v) is 5.11. The summed E-state index contributed by atoms with van der Waals surface area (Å²) in [7, 11) is 0. The highest BCUT2D eigenvalue weighted by Crippen LogP contribution is 2.13. The molecule has 0 aliphatic rings. The Balaban J connectivity index is 1.63. The van der Waals surface area contributed by atoms with E-state index in [4.69, 9.17) is 0 Å². The summed E-state index contributed by atoms with van der Waals surface area (Å²) in [5.41, 5.74) is 2.87. The lowest BCUT2D eigenvalue weighted by Crippen LogP contribution is -2.32. The number of aryl methyl sites for hydroxylation is 1. The van der Waals surface area contributed by atoms with E-state index in [1.807, 2.05) is 51.1 Å². The molecule has 7 nitrogen and oxygen atoms in total. The van der Waals surface area contributed by atoms with Gasteiger partial charge in [-0.05, 0) is 42.7 Å². The summed E-state index contributed by atoms with van der Waals surface area (Å²) in [4.78, 5) is 41.4. The quantitative estimate of drug-likeness (QED) is 0.631. The Morgan fingerprint density at radius 2 is 1.93 bits per heavy atom. The van der Waals surface area contributed by atoms with Gasteiger partial charge in [-0.15, -0.1) is 0 Å². The first-order valence-corrected chi connectivity index (χ1v) is 10.00. The number of amides is 2. The standard InChI is InChI=1S/C23H26N4O3/c1-4-15(2)22(29)26-18-9-6-8-17(11-18)12-24-20(28)13-27-14-25-21-16(3)7-5-10-19(21)23(27)30/h5-11,14-15H,4,12-13H2,1-3H3,(H,24,28)(H,26,29). The van der Waals surface area contributed by atoms with Crippen molar-refractivity contribution in [3.05, 3.63) is 70.3 Å². The van der Waals surface area contributed by atoms with E-state index in [-0.39, 0.29) is 29.8 Å². The Morgan fingerprint density at radius 1 is 1.17 bits per heavy atom. The van der Waals surface area contributed by atoms with Gasteiger partial charge in [-0.3, -0.25) is 19.0 Å². The molecule has 0 radical (unpaired) electrons. The first-order valence-electron chi connectivity index (χ1n) is 10.00. The summed E-state index contributed by atoms with van der Waals surface area (Å²) in [5.74, 6) is -0.386. The molecule has 2 amide bonds. The Morgan fingerprint density at radius 3 is 2.70 bits per heavy atom. The third-order valence-electron chi connectivity index (χ3n) is 5.11. The molecule has 2 N–H and O–H groups in total. The highest BCUT2D eigenvalue weighted by atomic mass is 16.2. The van der Waals surface area contributed by atoms with Crippen molar-refractivity contribution in [2.75, 3.05) is 5.32 Å². The molecule has 1 heterocycles. The molecule has 3 rings (SSSR count). The van der Waals surface area contributed by atoms with E-state index in [9.17, 15) is 14.4 Å². The molecule has 7 heteroatoms. The maximum absolute atomic E-state index is 12.6. The lowest BCUT2D eigenvalue weighted by atomic mass is 10.1. The van der Waals surface area contributed by atoms with Crippen LogP contribution in [0.2, 0.25) is 0 Å². The summed E-state index contributed by atoms with van der Waals surface area (Å²) in [6.45, 7) is 5.92. The van der Waals surface area contributed by atoms with Gasteiger partial charge in [-0.25, -0.2) is 4.98 Å². The number of rotatable bonds is 7. The van der Waals surface area contributed by atoms with Gasteiger partial charge >= 0.3 is 0 Å². The SMILES string of the molecule is CCC(C)C(=O)Nc1cccc(CNC(=O)Cn2cnc3c(C)cccc3c2=O)c1. The van der Waals surface area contributed by atoms with Crippen molar-refractivity contribution < 1.29 is 9.59 Å². The van der Waals surface area contributed by atoms with Gasteiger partial charge in [0.1, 0.15) is 6.54 Å². The smallest absolute Gasteiger partial charge is 0.261 e. The first-order chi connectivity index (χ1) is 14.4. The average Bonchev–Trinajstić information content (AvgIpc) is 2.74. The Kier molecular flexibility index (Phi) is 6.61. The number of carbonyl (C=O) groups excluding carboxylic acids is 2. The highest BCUT2D eigenvalue weighted by molar-refractivity contribution is 5.92. The Hall–Kier alpha value is -3.48. The van der Waals surface area contributed by atoms with Crippen LogP contribution in [0.5, 0.6) is 0 Å². The van der Waals surface area contributed by atoms with Gasteiger partial charge in [0, 0.05) is 18.2 Å². The number of aromatic nitrogens is 2. The minimum Gasteiger partial charge on any atom is -0.350 e. The van der Waals surface area contributed by atoms with Gasteiger partial charge < -0.3 is 10.6 Å². The number of nitrogens with zero attached hydrogens (tertiary/aromatic N) is 2. The van der Waals surface area contributed by atoms with E-state index in [0.717, 1.165) is 17.5 Å². The summed E-state index contributed by atoms with van der Waals surface area (Å²) >= 11 is 0. The van der Waals surface area contributed by atoms with Crippen LogP contribution in [-0.4, -0.2) is 21.4 Å². The van der Waals surface area contributed by atoms with E-state index < -0.39 is 0 Å². The molecule has 0 fully saturated rings. The minimum atomic E-state index is -0.292. The summed E-state index contributed by atoms with van der Waals surface area (Å²) < 4.78 is 1.31. The molecule has 0 saturated heterocycles. The second kappa shape index (κ2) is 9.35. The molecule has 1 aromatic heterocycles. The molecule has 3 aromatic rings. The van der Waals surface area contributed by atoms with Gasteiger partial charge in [-0.2, -0.15) is 0 Å². The van der Waals surface area contributed by atoms with Crippen molar-refractivity contribution in [1.82, 2.24) is 14.9 Å². The number of hydrogen-bond acceptors (Lipinski definition) is 4. The monoisotopic (exact) mass is 406 g/mol. The van der Waals surface area contributed by atoms with Crippen LogP contribution in [-0.2, 0) is 22.7 Å². The summed E-state index contributed by atoms with van der Waals surface area (Å²) in [6.07, 6.45) is 2.17. The normalized spacial score (nSPS) is 11.8. The molecule has 156 valence electrons. The van der Waals surface area contributed by atoms with Crippen molar-refractivity contribution in [2.24, 2.45) is 5.92 Å². The van der Waals surface area contributed by atoms with E-state index in [2.05, 4.69) is 15.6 Å². The predicted octanol–water partition coefficient (Wildman–Crippen LogP) is 3.01. The largest absolute Gasteiger partial charge is 0.350 e. The molecule has 0 spiro atoms. The number of nitrogens with one attached hydrogen (secondary N) is 2. The third kappa shape index (κ3) is 4.92. The van der Waals surface area contributed by atoms with Crippen molar-refractivity contribution in [3.8, 4) is 0 Å². The molecule has 0 saturated carbocycles. The predicted molar refractivity (Wildman–Crippen MR) is 117 cm³/mol. The van der Waals surface area contributed by atoms with Crippen LogP contribution >= 0.6 is 0 Å². The van der Waals surface area contributed by atoms with E-state index in [1.165, 1.54) is 10.9 Å². The van der Waals surface area contributed by atoms with Gasteiger partial charge in [-0.1, -0.05) is 38.1 Å². The van der Waals surface area contributed by atoms with Crippen LogP contribution in [0.1, 0.15) is 31.4 Å². The number of hydrogen-bond donors (Lipinski definition) is 2. The molecular formula is C23H26N4O3. The minimum absolute atomic E-state index is 0.0305. The molecule has 30 heavy (non-hydrogen) atoms. The molecule has 2 aromatic carbocycles. The molecule has 0 aliphatic carbocycles. The zero-order valence-electron chi connectivity index (χ0n) is 17.4. The van der Waals surface area contributed by atoms with Crippen molar-refractivity contribution in [2.45, 2.75) is 40.3 Å². The van der Waals surface area contributed by atoms with Gasteiger partial charge in [0.2, 0.25) is 11.8 Å². The zero-order chi connectivity index (χ0) is 21.7. The van der Waals surface area contributed by atoms with Gasteiger partial charge in [0.25, 0.3) is 5.56 Å². The highest BCUT2D eigenvalue weighted by Gasteiger charge is 2.11. The van der Waals surface area contributed by atoms with Crippen LogP contribution in [0, 0.1) is 12.8 Å². The lowest BCUT2D eigenvalue weighted by Gasteiger charge is -2.12. The van der Waals surface area contributed by atoms with E-state index in [1.54, 1.807) is 12.1 Å². The fraction of sp³-hybridized carbons (Fsp3) is 0.304. The van der Waals surface area contributed by atoms with Gasteiger partial charge in [0.15, 0.2) is 0 Å². The molecule has 0 aliphatic heterocycles. The topological polar surface area (TPSA) is 93.1 Å². The van der Waals surface area contributed by atoms with Crippen LogP contribution in [0.4, 0.5) is 5.69 Å². The van der Waals surface area contributed by atoms with E-state index >= 15 is 0 Å². The zero-order valence-corrected chi connectivity index (χ0v) is 17.4. The number of para-hydroxylation sites is 1. The fourth-order valence-electron chi connectivity index (χ4n) is 3.07. The van der Waals surface area contributed by atoms with Crippen molar-refractivity contribution in [3.63, 3.8) is 0 Å². The lowest BCUT2D eigenvalue weighted by molar-refractivity contribution is -0.122. The second-order valence-electron chi connectivity index (χ2n) is 7.42. The second-order valence-corrected chi connectivity index (χ2v) is 7.42. The maximum Gasteiger partial charge on any atom is 0.261 e. The van der Waals surface area contributed by atoms with E-state index in [0.29, 0.717) is 23.1 Å². The average molecular weight is 406 g/mol. The molecule has 1 atom stereocenters. The molecule has 0 bridgehead atoms. The number of fused-ring (bicyclic) bond motifs is 1. The van der Waals surface area contributed by atoms with Crippen LogP contribution in [0.3, 0.4) is 0 Å². The van der Waals surface area contributed by atoms with Gasteiger partial charge in [0.05, 0.1) is 17.2 Å². The van der Waals surface area contributed by atoms with Crippen LogP contribution in [0.15, 0.2) is 53.6 Å². The maximum atomic E-state index is 12.6. The van der Waals surface area contributed by atoms with Crippen molar-refractivity contribution >= 4 is 28.4 Å². The van der Waals surface area contributed by atoms with Crippen LogP contribution < -0.4 is 16.2 Å². The van der Waals surface area contributed by atoms with Crippen molar-refractivity contribution in [1.29, 1.82) is 0 Å². The fourth-order valence-corrected chi connectivity index (χ4v) is 3.07. The summed E-state index contributed by atoms with van der Waals surface area (Å²) in [6, 6.07) is 12.7. The summed E-state index contributed by atoms with van der Waals surface area (Å²) in [5, 5.41) is 6.19. The van der Waals surface area contributed by atoms with Crippen LogP contribution in [0.25, 0.3) is 10.9 Å². The molecule has 1 unspecified atom stereocenters.